The number of likely N-dealkylation sites (N-methyl/N-ethyl adjacent to an activating group) is 1. The van der Waals surface area contributed by atoms with Crippen LogP contribution in [-0.4, -0.2) is 68.7 Å². The number of pyridine rings is 1. The summed E-state index contributed by atoms with van der Waals surface area (Å²) in [6.45, 7) is 5.51. The third-order valence-corrected chi connectivity index (χ3v) is 7.36. The summed E-state index contributed by atoms with van der Waals surface area (Å²) in [5, 5.41) is 4.33. The number of piperazine rings is 1. The minimum absolute atomic E-state index is 0.292. The van der Waals surface area contributed by atoms with Crippen molar-refractivity contribution in [3.8, 4) is 17.2 Å². The third kappa shape index (κ3) is 3.84. The molecular weight excluding hydrogens is 480 g/mol. The highest BCUT2D eigenvalue weighted by Crippen LogP contribution is 2.41. The zero-order valence-electron chi connectivity index (χ0n) is 21.5. The standard InChI is InChI=1S/C28H28N8O2/c1-17-10-18(4-7-24(17)38-20-5-6-23-21(11-20)32-16-35(23)3)33-27-25-22(30-15-31-27)12-29-28-26(25)37-14-19-13-34(2)8-9-36(19)28/h4-7,10-12,15-16,19H,8-9,13-14H2,1-3H3,(H,30,31,33)/t19-/m1/s1. The monoisotopic (exact) mass is 508 g/mol. The van der Waals surface area contributed by atoms with Crippen LogP contribution in [-0.2, 0) is 7.05 Å². The first-order valence-corrected chi connectivity index (χ1v) is 12.7. The van der Waals surface area contributed by atoms with Crippen LogP contribution in [0.5, 0.6) is 17.2 Å². The molecule has 0 amide bonds. The third-order valence-electron chi connectivity index (χ3n) is 7.36. The fourth-order valence-corrected chi connectivity index (χ4v) is 5.35. The van der Waals surface area contributed by atoms with Crippen LogP contribution in [0.2, 0.25) is 0 Å². The Labute approximate surface area is 219 Å². The van der Waals surface area contributed by atoms with E-state index in [0.29, 0.717) is 18.5 Å². The van der Waals surface area contributed by atoms with E-state index in [2.05, 4.69) is 37.1 Å². The summed E-state index contributed by atoms with van der Waals surface area (Å²) < 4.78 is 14.5. The van der Waals surface area contributed by atoms with Crippen LogP contribution in [0.25, 0.3) is 21.9 Å². The van der Waals surface area contributed by atoms with E-state index in [4.69, 9.17) is 14.5 Å². The Hall–Kier alpha value is -4.44. The van der Waals surface area contributed by atoms with Gasteiger partial charge in [-0.05, 0) is 49.9 Å². The molecule has 2 aliphatic rings. The van der Waals surface area contributed by atoms with E-state index in [0.717, 1.165) is 75.9 Å². The maximum absolute atomic E-state index is 6.30. The number of nitrogens with zero attached hydrogens (tertiary/aromatic N) is 7. The molecule has 7 rings (SSSR count). The predicted molar refractivity (Wildman–Crippen MR) is 147 cm³/mol. The molecule has 0 spiro atoms. The van der Waals surface area contributed by atoms with Crippen LogP contribution >= 0.6 is 0 Å². The van der Waals surface area contributed by atoms with Gasteiger partial charge in [-0.2, -0.15) is 0 Å². The zero-order chi connectivity index (χ0) is 25.8. The van der Waals surface area contributed by atoms with E-state index in [1.54, 1.807) is 12.7 Å². The molecule has 1 fully saturated rings. The second-order valence-corrected chi connectivity index (χ2v) is 10.0. The first-order valence-electron chi connectivity index (χ1n) is 12.7. The molecule has 10 heteroatoms. The van der Waals surface area contributed by atoms with Crippen molar-refractivity contribution in [3.05, 3.63) is 60.8 Å². The van der Waals surface area contributed by atoms with Gasteiger partial charge in [0.1, 0.15) is 30.3 Å². The largest absolute Gasteiger partial charge is 0.487 e. The zero-order valence-corrected chi connectivity index (χ0v) is 21.5. The van der Waals surface area contributed by atoms with Gasteiger partial charge in [-0.3, -0.25) is 0 Å². The average molecular weight is 509 g/mol. The Kier molecular flexibility index (Phi) is 5.29. The molecule has 0 unspecified atom stereocenters. The van der Waals surface area contributed by atoms with Gasteiger partial charge in [-0.15, -0.1) is 0 Å². The van der Waals surface area contributed by atoms with Crippen molar-refractivity contribution in [1.29, 1.82) is 0 Å². The number of hydrogen-bond donors (Lipinski definition) is 1. The van der Waals surface area contributed by atoms with Gasteiger partial charge in [0.05, 0.1) is 40.5 Å². The second kappa shape index (κ2) is 8.84. The Bertz CT molecular complexity index is 1680. The lowest BCUT2D eigenvalue weighted by molar-refractivity contribution is 0.188. The van der Waals surface area contributed by atoms with E-state index in [-0.39, 0.29) is 0 Å². The molecule has 0 saturated carbocycles. The van der Waals surface area contributed by atoms with Gasteiger partial charge in [0, 0.05) is 38.4 Å². The van der Waals surface area contributed by atoms with Crippen LogP contribution in [0.1, 0.15) is 5.56 Å². The highest BCUT2D eigenvalue weighted by Gasteiger charge is 2.34. The molecule has 3 aromatic heterocycles. The number of benzene rings is 2. The van der Waals surface area contributed by atoms with Crippen molar-refractivity contribution in [2.24, 2.45) is 7.05 Å². The molecule has 10 nitrogen and oxygen atoms in total. The number of imidazole rings is 1. The van der Waals surface area contributed by atoms with Gasteiger partial charge in [-0.25, -0.2) is 19.9 Å². The van der Waals surface area contributed by atoms with E-state index >= 15 is 0 Å². The number of rotatable bonds is 4. The highest BCUT2D eigenvalue weighted by atomic mass is 16.5. The Morgan fingerprint density at radius 2 is 1.92 bits per heavy atom. The summed E-state index contributed by atoms with van der Waals surface area (Å²) >= 11 is 0. The molecule has 2 aromatic carbocycles. The Balaban J connectivity index is 1.18. The van der Waals surface area contributed by atoms with Gasteiger partial charge >= 0.3 is 0 Å². The number of nitrogens with one attached hydrogen (secondary N) is 1. The average Bonchev–Trinajstić information content (AvgIpc) is 3.29. The smallest absolute Gasteiger partial charge is 0.175 e. The quantitative estimate of drug-likeness (QED) is 0.382. The fourth-order valence-electron chi connectivity index (χ4n) is 5.35. The molecule has 1 N–H and O–H groups in total. The number of aryl methyl sites for hydroxylation is 2. The SMILES string of the molecule is Cc1cc(Nc2ncnc3cnc4c(c23)OC[C@H]2CN(C)CCN42)ccc1Oc1ccc2c(c1)ncn2C. The van der Waals surface area contributed by atoms with E-state index in [1.807, 2.05) is 61.1 Å². The van der Waals surface area contributed by atoms with Crippen molar-refractivity contribution < 1.29 is 9.47 Å². The van der Waals surface area contributed by atoms with E-state index < -0.39 is 0 Å². The number of ether oxygens (including phenoxy) is 2. The summed E-state index contributed by atoms with van der Waals surface area (Å²) in [4.78, 5) is 22.9. The van der Waals surface area contributed by atoms with Crippen molar-refractivity contribution in [2.45, 2.75) is 13.0 Å². The molecule has 38 heavy (non-hydrogen) atoms. The molecule has 0 radical (unpaired) electrons. The molecule has 5 aromatic rings. The fraction of sp³-hybridized carbons (Fsp3) is 0.286. The Morgan fingerprint density at radius 3 is 2.82 bits per heavy atom. The van der Waals surface area contributed by atoms with Gasteiger partial charge in [0.15, 0.2) is 11.6 Å². The molecule has 0 aliphatic carbocycles. The maximum atomic E-state index is 6.30. The summed E-state index contributed by atoms with van der Waals surface area (Å²) in [6, 6.07) is 12.2. The number of aromatic nitrogens is 5. The van der Waals surface area contributed by atoms with Crippen LogP contribution in [0.3, 0.4) is 0 Å². The lowest BCUT2D eigenvalue weighted by Crippen LogP contribution is -2.56. The molecule has 5 heterocycles. The van der Waals surface area contributed by atoms with Gasteiger partial charge < -0.3 is 29.2 Å². The van der Waals surface area contributed by atoms with Crippen molar-refractivity contribution in [2.75, 3.05) is 43.5 Å². The van der Waals surface area contributed by atoms with Crippen molar-refractivity contribution >= 4 is 39.3 Å². The summed E-state index contributed by atoms with van der Waals surface area (Å²) in [7, 11) is 4.13. The summed E-state index contributed by atoms with van der Waals surface area (Å²) in [5.41, 5.74) is 4.61. The molecule has 0 bridgehead atoms. The predicted octanol–water partition coefficient (Wildman–Crippen LogP) is 4.27. The lowest BCUT2D eigenvalue weighted by Gasteiger charge is -2.43. The first-order chi connectivity index (χ1) is 18.5. The first kappa shape index (κ1) is 22.7. The molecule has 1 saturated heterocycles. The molecular formula is C28H28N8O2. The minimum atomic E-state index is 0.292. The number of fused-ring (bicyclic) bond motifs is 6. The Morgan fingerprint density at radius 1 is 1.00 bits per heavy atom. The highest BCUT2D eigenvalue weighted by molar-refractivity contribution is 5.98. The van der Waals surface area contributed by atoms with Crippen LogP contribution in [0, 0.1) is 6.92 Å². The lowest BCUT2D eigenvalue weighted by atomic mass is 10.1. The summed E-state index contributed by atoms with van der Waals surface area (Å²) in [6.07, 6.45) is 5.17. The van der Waals surface area contributed by atoms with Gasteiger partial charge in [-0.1, -0.05) is 0 Å². The van der Waals surface area contributed by atoms with Crippen LogP contribution in [0.15, 0.2) is 55.2 Å². The van der Waals surface area contributed by atoms with Crippen LogP contribution in [0.4, 0.5) is 17.3 Å². The van der Waals surface area contributed by atoms with E-state index in [9.17, 15) is 0 Å². The maximum Gasteiger partial charge on any atom is 0.175 e. The summed E-state index contributed by atoms with van der Waals surface area (Å²) in [5.74, 6) is 3.83. The number of anilines is 3. The molecule has 2 aliphatic heterocycles. The van der Waals surface area contributed by atoms with Crippen LogP contribution < -0.4 is 19.7 Å². The van der Waals surface area contributed by atoms with Gasteiger partial charge in [0.25, 0.3) is 0 Å². The molecule has 192 valence electrons. The second-order valence-electron chi connectivity index (χ2n) is 10.0. The van der Waals surface area contributed by atoms with E-state index in [1.165, 1.54) is 0 Å². The topological polar surface area (TPSA) is 93.5 Å². The number of hydrogen-bond acceptors (Lipinski definition) is 9. The minimum Gasteiger partial charge on any atom is -0.487 e. The normalized spacial score (nSPS) is 17.2. The van der Waals surface area contributed by atoms with Gasteiger partial charge in [0.2, 0.25) is 0 Å². The molecule has 1 atom stereocenters. The van der Waals surface area contributed by atoms with Crippen molar-refractivity contribution in [1.82, 2.24) is 29.4 Å². The van der Waals surface area contributed by atoms with Crippen molar-refractivity contribution in [3.63, 3.8) is 0 Å².